The van der Waals surface area contributed by atoms with E-state index in [1.807, 2.05) is 0 Å². The van der Waals surface area contributed by atoms with Crippen molar-refractivity contribution in [3.63, 3.8) is 0 Å². The number of benzene rings is 2. The largest absolute Gasteiger partial charge is 0.347 e. The Bertz CT molecular complexity index is 1100. The van der Waals surface area contributed by atoms with Gasteiger partial charge in [0, 0.05) is 36.6 Å². The summed E-state index contributed by atoms with van der Waals surface area (Å²) >= 11 is 0. The maximum atomic E-state index is 12.9. The minimum Gasteiger partial charge on any atom is -0.347 e. The molecule has 1 heterocycles. The fraction of sp³-hybridized carbons (Fsp3) is 0.286. The van der Waals surface area contributed by atoms with Crippen LogP contribution in [0.1, 0.15) is 37.4 Å². The summed E-state index contributed by atoms with van der Waals surface area (Å²) in [5.74, 6) is -1.07. The highest BCUT2D eigenvalue weighted by Crippen LogP contribution is 2.34. The molecule has 0 unspecified atom stereocenters. The third-order valence-electron chi connectivity index (χ3n) is 4.98. The fourth-order valence-electron chi connectivity index (χ4n) is 3.24. The van der Waals surface area contributed by atoms with Gasteiger partial charge in [0.1, 0.15) is 0 Å². The molecule has 0 bridgehead atoms. The van der Waals surface area contributed by atoms with Crippen LogP contribution in [0.2, 0.25) is 0 Å². The number of amides is 2. The summed E-state index contributed by atoms with van der Waals surface area (Å²) in [4.78, 5) is 45.8. The molecule has 0 aromatic heterocycles. The van der Waals surface area contributed by atoms with Crippen molar-refractivity contribution >= 4 is 28.9 Å². The van der Waals surface area contributed by atoms with Crippen molar-refractivity contribution in [2.45, 2.75) is 26.3 Å². The summed E-state index contributed by atoms with van der Waals surface area (Å²) in [6.45, 7) is 3.12. The number of nitrogens with one attached hydrogen (secondary N) is 1. The normalized spacial score (nSPS) is 15.4. The van der Waals surface area contributed by atoms with Crippen LogP contribution < -0.4 is 5.32 Å². The van der Waals surface area contributed by atoms with E-state index >= 15 is 0 Å². The monoisotopic (exact) mass is 439 g/mol. The van der Waals surface area contributed by atoms with Crippen LogP contribution in [-0.4, -0.2) is 38.9 Å². The van der Waals surface area contributed by atoms with Crippen LogP contribution in [-0.2, 0) is 9.59 Å². The third kappa shape index (κ3) is 4.94. The molecular weight excluding hydrogens is 418 g/mol. The maximum Gasteiger partial charge on any atom is 0.269 e. The van der Waals surface area contributed by atoms with Gasteiger partial charge in [-0.1, -0.05) is 26.0 Å². The lowest BCUT2D eigenvalue weighted by Gasteiger charge is -2.22. The molecule has 3 rings (SSSR count). The smallest absolute Gasteiger partial charge is 0.269 e. The van der Waals surface area contributed by atoms with Gasteiger partial charge in [0.2, 0.25) is 5.91 Å². The van der Waals surface area contributed by atoms with Crippen LogP contribution in [0.5, 0.6) is 0 Å². The number of hydrazone groups is 1. The van der Waals surface area contributed by atoms with E-state index in [0.717, 1.165) is 0 Å². The van der Waals surface area contributed by atoms with Crippen molar-refractivity contribution in [1.29, 1.82) is 0 Å². The van der Waals surface area contributed by atoms with E-state index in [4.69, 9.17) is 0 Å². The molecule has 0 fully saturated rings. The molecule has 1 N–H and O–H groups in total. The van der Waals surface area contributed by atoms with Gasteiger partial charge >= 0.3 is 0 Å². The first kappa shape index (κ1) is 22.5. The first-order valence-electron chi connectivity index (χ1n) is 9.83. The Balaban J connectivity index is 1.91. The highest BCUT2D eigenvalue weighted by molar-refractivity contribution is 6.03. The van der Waals surface area contributed by atoms with E-state index in [-0.39, 0.29) is 36.2 Å². The zero-order valence-corrected chi connectivity index (χ0v) is 17.4. The van der Waals surface area contributed by atoms with Gasteiger partial charge in [0.15, 0.2) is 0 Å². The van der Waals surface area contributed by atoms with Gasteiger partial charge in [-0.25, -0.2) is 5.01 Å². The third-order valence-corrected chi connectivity index (χ3v) is 4.98. The molecule has 0 spiro atoms. The average molecular weight is 439 g/mol. The number of nitro benzene ring substituents is 2. The van der Waals surface area contributed by atoms with Crippen LogP contribution in [0.4, 0.5) is 11.4 Å². The van der Waals surface area contributed by atoms with E-state index in [1.165, 1.54) is 47.5 Å². The first-order chi connectivity index (χ1) is 15.2. The molecule has 2 aromatic carbocycles. The predicted octanol–water partition coefficient (Wildman–Crippen LogP) is 2.95. The number of carbonyl (C=O) groups is 2. The number of rotatable bonds is 7. The van der Waals surface area contributed by atoms with E-state index in [9.17, 15) is 29.8 Å². The predicted molar refractivity (Wildman–Crippen MR) is 115 cm³/mol. The van der Waals surface area contributed by atoms with Crippen LogP contribution >= 0.6 is 0 Å². The van der Waals surface area contributed by atoms with Crippen LogP contribution in [0.3, 0.4) is 0 Å². The Morgan fingerprint density at radius 3 is 2.34 bits per heavy atom. The quantitative estimate of drug-likeness (QED) is 0.518. The second-order valence-corrected chi connectivity index (χ2v) is 7.53. The molecule has 11 nitrogen and oxygen atoms in total. The van der Waals surface area contributed by atoms with Crippen molar-refractivity contribution < 1.29 is 19.4 Å². The fourth-order valence-corrected chi connectivity index (χ4v) is 3.24. The molecule has 2 aromatic rings. The van der Waals surface area contributed by atoms with E-state index < -0.39 is 21.8 Å². The minimum atomic E-state index is -0.622. The maximum absolute atomic E-state index is 12.9. The molecule has 0 saturated carbocycles. The van der Waals surface area contributed by atoms with Gasteiger partial charge in [0.05, 0.1) is 28.1 Å². The van der Waals surface area contributed by atoms with E-state index in [1.54, 1.807) is 19.9 Å². The Labute approximate surface area is 183 Å². The molecule has 1 atom stereocenters. The lowest BCUT2D eigenvalue weighted by Crippen LogP contribution is -2.39. The zero-order chi connectivity index (χ0) is 23.4. The molecule has 11 heteroatoms. The molecular formula is C21H21N5O6. The molecule has 32 heavy (non-hydrogen) atoms. The minimum absolute atomic E-state index is 0.0769. The number of hydrogen-bond acceptors (Lipinski definition) is 7. The van der Waals surface area contributed by atoms with Gasteiger partial charge < -0.3 is 5.32 Å². The summed E-state index contributed by atoms with van der Waals surface area (Å²) < 4.78 is 0. The Morgan fingerprint density at radius 2 is 1.75 bits per heavy atom. The van der Waals surface area contributed by atoms with Gasteiger partial charge in [-0.3, -0.25) is 29.8 Å². The first-order valence-corrected chi connectivity index (χ1v) is 9.83. The Kier molecular flexibility index (Phi) is 6.57. The lowest BCUT2D eigenvalue weighted by molar-refractivity contribution is -0.385. The number of nitrogens with zero attached hydrogens (tertiary/aromatic N) is 4. The zero-order valence-electron chi connectivity index (χ0n) is 17.4. The summed E-state index contributed by atoms with van der Waals surface area (Å²) in [5.41, 5.74) is 1.41. The Morgan fingerprint density at radius 1 is 1.09 bits per heavy atom. The topological polar surface area (TPSA) is 148 Å². The summed E-state index contributed by atoms with van der Waals surface area (Å²) in [5, 5.41) is 30.3. The number of carbonyl (C=O) groups excluding carboxylic acids is 2. The van der Waals surface area contributed by atoms with Crippen molar-refractivity contribution in [1.82, 2.24) is 10.3 Å². The highest BCUT2D eigenvalue weighted by atomic mass is 16.6. The van der Waals surface area contributed by atoms with Crippen molar-refractivity contribution in [2.24, 2.45) is 11.0 Å². The van der Waals surface area contributed by atoms with Crippen molar-refractivity contribution in [3.8, 4) is 0 Å². The molecule has 2 amide bonds. The van der Waals surface area contributed by atoms with Gasteiger partial charge in [-0.2, -0.15) is 5.10 Å². The summed E-state index contributed by atoms with van der Waals surface area (Å²) in [6, 6.07) is 11.1. The SMILES string of the molecule is CC(C)C(=O)NCC(=O)N1N=C(c2ccc([N+](=O)[O-])cc2)C[C@H]1c1cccc([N+](=O)[O-])c1. The van der Waals surface area contributed by atoms with Crippen LogP contribution in [0.15, 0.2) is 53.6 Å². The second-order valence-electron chi connectivity index (χ2n) is 7.53. The molecule has 1 aliphatic heterocycles. The van der Waals surface area contributed by atoms with Gasteiger partial charge in [-0.05, 0) is 23.3 Å². The van der Waals surface area contributed by atoms with E-state index in [2.05, 4.69) is 10.4 Å². The van der Waals surface area contributed by atoms with Gasteiger partial charge in [0.25, 0.3) is 17.3 Å². The van der Waals surface area contributed by atoms with E-state index in [0.29, 0.717) is 16.8 Å². The van der Waals surface area contributed by atoms with Crippen molar-refractivity contribution in [2.75, 3.05) is 6.54 Å². The highest BCUT2D eigenvalue weighted by Gasteiger charge is 2.34. The standard InChI is InChI=1S/C21H21N5O6/c1-13(2)21(28)22-12-20(27)24-19(15-4-3-5-17(10-15)26(31)32)11-18(23-24)14-6-8-16(9-7-14)25(29)30/h3-10,13,19H,11-12H2,1-2H3,(H,22,28)/t19-/m0/s1. The van der Waals surface area contributed by atoms with Crippen LogP contribution in [0, 0.1) is 26.1 Å². The molecule has 1 aliphatic rings. The van der Waals surface area contributed by atoms with Crippen LogP contribution in [0.25, 0.3) is 0 Å². The molecule has 166 valence electrons. The number of non-ortho nitro benzene ring substituents is 2. The average Bonchev–Trinajstić information content (AvgIpc) is 3.23. The summed E-state index contributed by atoms with van der Waals surface area (Å²) in [7, 11) is 0. The lowest BCUT2D eigenvalue weighted by atomic mass is 9.98. The van der Waals surface area contributed by atoms with Crippen molar-refractivity contribution in [3.05, 3.63) is 79.9 Å². The summed E-state index contributed by atoms with van der Waals surface area (Å²) in [6.07, 6.45) is 0.253. The number of nitro groups is 2. The second kappa shape index (κ2) is 9.33. The molecule has 0 aliphatic carbocycles. The molecule has 0 radical (unpaired) electrons. The molecule has 0 saturated heterocycles. The number of hydrogen-bond donors (Lipinski definition) is 1. The Hall–Kier alpha value is -4.15. The van der Waals surface area contributed by atoms with Gasteiger partial charge in [-0.15, -0.1) is 0 Å².